The van der Waals surface area contributed by atoms with Crippen molar-refractivity contribution in [2.75, 3.05) is 20.2 Å². The van der Waals surface area contributed by atoms with Gasteiger partial charge in [0.1, 0.15) is 17.8 Å². The molecular weight excluding hydrogens is 382 g/mol. The van der Waals surface area contributed by atoms with Gasteiger partial charge >= 0.3 is 6.03 Å². The summed E-state index contributed by atoms with van der Waals surface area (Å²) < 4.78 is 5.43. The van der Waals surface area contributed by atoms with Crippen LogP contribution < -0.4 is 10.1 Å². The lowest BCUT2D eigenvalue weighted by Gasteiger charge is -2.23. The monoisotopic (exact) mass is 407 g/mol. The van der Waals surface area contributed by atoms with Crippen LogP contribution in [0.5, 0.6) is 5.75 Å². The molecule has 1 aliphatic carbocycles. The van der Waals surface area contributed by atoms with Crippen molar-refractivity contribution in [3.05, 3.63) is 65.2 Å². The number of fused-ring (bicyclic) bond motifs is 2. The van der Waals surface area contributed by atoms with Crippen molar-refractivity contribution in [1.29, 1.82) is 0 Å². The van der Waals surface area contributed by atoms with E-state index >= 15 is 0 Å². The van der Waals surface area contributed by atoms with Gasteiger partial charge in [-0.3, -0.25) is 14.5 Å². The zero-order valence-corrected chi connectivity index (χ0v) is 17.2. The largest absolute Gasteiger partial charge is 0.494 e. The third-order valence-corrected chi connectivity index (χ3v) is 5.80. The number of benzene rings is 2. The fourth-order valence-corrected chi connectivity index (χ4v) is 4.21. The minimum absolute atomic E-state index is 0.276. The number of carbonyl (C=O) groups is 3. The van der Waals surface area contributed by atoms with E-state index in [4.69, 9.17) is 4.74 Å². The summed E-state index contributed by atoms with van der Waals surface area (Å²) in [5, 5.41) is 2.85. The van der Waals surface area contributed by atoms with Crippen molar-refractivity contribution in [3.8, 4) is 5.75 Å². The maximum absolute atomic E-state index is 13.2. The molecule has 2 aromatic carbocycles. The molecule has 2 aromatic rings. The summed E-state index contributed by atoms with van der Waals surface area (Å²) in [5.74, 6) is 0.132. The van der Waals surface area contributed by atoms with Crippen LogP contribution in [0.1, 0.15) is 30.0 Å². The van der Waals surface area contributed by atoms with E-state index in [1.54, 1.807) is 7.05 Å². The third-order valence-electron chi connectivity index (χ3n) is 5.80. The molecule has 1 spiro atoms. The molecule has 0 saturated carbocycles. The summed E-state index contributed by atoms with van der Waals surface area (Å²) in [4.78, 5) is 41.1. The van der Waals surface area contributed by atoms with Crippen molar-refractivity contribution in [2.45, 2.75) is 31.8 Å². The number of imide groups is 1. The Hall–Kier alpha value is -3.35. The first-order valence-electron chi connectivity index (χ1n) is 10.1. The molecule has 4 amide bonds. The third kappa shape index (κ3) is 3.40. The van der Waals surface area contributed by atoms with Gasteiger partial charge in [-0.1, -0.05) is 36.4 Å². The van der Waals surface area contributed by atoms with Crippen LogP contribution in [-0.2, 0) is 28.1 Å². The number of hydrogen-bond donors (Lipinski definition) is 1. The standard InChI is InChI=1S/C23H25N3O4/c1-3-30-18-10-8-16(9-11-18)14-25(2)20(27)15-26-21(28)23(24-22(26)29)13-12-17-6-4-5-7-19(17)23/h4-11H,3,12-15H2,1-2H3,(H,24,29). The lowest BCUT2D eigenvalue weighted by molar-refractivity contribution is -0.138. The highest BCUT2D eigenvalue weighted by Gasteiger charge is 2.55. The second kappa shape index (κ2) is 7.82. The van der Waals surface area contributed by atoms with Gasteiger partial charge in [-0.25, -0.2) is 4.79 Å². The number of aryl methyl sites for hydroxylation is 1. The summed E-state index contributed by atoms with van der Waals surface area (Å²) in [6, 6.07) is 14.6. The Morgan fingerprint density at radius 3 is 2.63 bits per heavy atom. The smallest absolute Gasteiger partial charge is 0.325 e. The van der Waals surface area contributed by atoms with E-state index in [0.717, 1.165) is 33.8 Å². The fraction of sp³-hybridized carbons (Fsp3) is 0.348. The molecule has 0 aromatic heterocycles. The Labute approximate surface area is 175 Å². The van der Waals surface area contributed by atoms with Gasteiger partial charge in [0.05, 0.1) is 6.61 Å². The highest BCUT2D eigenvalue weighted by atomic mass is 16.5. The van der Waals surface area contributed by atoms with Crippen LogP contribution in [0.2, 0.25) is 0 Å². The van der Waals surface area contributed by atoms with Gasteiger partial charge in [-0.05, 0) is 48.6 Å². The molecule has 7 nitrogen and oxygen atoms in total. The Balaban J connectivity index is 1.43. The number of likely N-dealkylation sites (N-methyl/N-ethyl adjacent to an activating group) is 1. The molecule has 1 N–H and O–H groups in total. The number of nitrogens with zero attached hydrogens (tertiary/aromatic N) is 2. The van der Waals surface area contributed by atoms with E-state index in [1.807, 2.05) is 55.5 Å². The molecule has 156 valence electrons. The van der Waals surface area contributed by atoms with Gasteiger partial charge in [0.15, 0.2) is 0 Å². The van der Waals surface area contributed by atoms with Gasteiger partial charge < -0.3 is 15.0 Å². The molecule has 1 atom stereocenters. The van der Waals surface area contributed by atoms with Gasteiger partial charge in [0.2, 0.25) is 5.91 Å². The van der Waals surface area contributed by atoms with Crippen molar-refractivity contribution < 1.29 is 19.1 Å². The fourth-order valence-electron chi connectivity index (χ4n) is 4.21. The van der Waals surface area contributed by atoms with Crippen LogP contribution in [0.15, 0.2) is 48.5 Å². The number of rotatable bonds is 6. The van der Waals surface area contributed by atoms with E-state index in [0.29, 0.717) is 19.6 Å². The number of ether oxygens (including phenoxy) is 1. The molecule has 4 rings (SSSR count). The summed E-state index contributed by atoms with van der Waals surface area (Å²) in [6.07, 6.45) is 1.24. The van der Waals surface area contributed by atoms with Crippen molar-refractivity contribution >= 4 is 17.8 Å². The predicted octanol–water partition coefficient (Wildman–Crippen LogP) is 2.44. The molecular formula is C23H25N3O4. The summed E-state index contributed by atoms with van der Waals surface area (Å²) in [5.41, 5.74) is 1.79. The highest BCUT2D eigenvalue weighted by Crippen LogP contribution is 2.41. The molecule has 0 bridgehead atoms. The number of nitrogens with one attached hydrogen (secondary N) is 1. The van der Waals surface area contributed by atoms with Crippen LogP contribution in [-0.4, -0.2) is 47.8 Å². The minimum Gasteiger partial charge on any atom is -0.494 e. The first kappa shape index (κ1) is 19.9. The molecule has 7 heteroatoms. The quantitative estimate of drug-likeness (QED) is 0.746. The SMILES string of the molecule is CCOc1ccc(CN(C)C(=O)CN2C(=O)NC3(CCc4ccccc43)C2=O)cc1. The first-order valence-corrected chi connectivity index (χ1v) is 10.1. The zero-order chi connectivity index (χ0) is 21.3. The summed E-state index contributed by atoms with van der Waals surface area (Å²) in [6.45, 7) is 2.62. The maximum Gasteiger partial charge on any atom is 0.325 e. The Bertz CT molecular complexity index is 988. The number of carbonyl (C=O) groups excluding carboxylic acids is 3. The summed E-state index contributed by atoms with van der Waals surface area (Å²) >= 11 is 0. The van der Waals surface area contributed by atoms with E-state index in [9.17, 15) is 14.4 Å². The Morgan fingerprint density at radius 1 is 1.17 bits per heavy atom. The molecule has 30 heavy (non-hydrogen) atoms. The van der Waals surface area contributed by atoms with Gasteiger partial charge in [0.25, 0.3) is 5.91 Å². The van der Waals surface area contributed by atoms with Gasteiger partial charge in [0, 0.05) is 13.6 Å². The number of amides is 4. The van der Waals surface area contributed by atoms with E-state index in [-0.39, 0.29) is 18.4 Å². The Kier molecular flexibility index (Phi) is 5.20. The molecule has 0 radical (unpaired) electrons. The molecule has 1 heterocycles. The lowest BCUT2D eigenvalue weighted by atomic mass is 9.92. The highest BCUT2D eigenvalue weighted by molar-refractivity contribution is 6.09. The second-order valence-corrected chi connectivity index (χ2v) is 7.71. The molecule has 2 aliphatic rings. The van der Waals surface area contributed by atoms with Crippen molar-refractivity contribution in [3.63, 3.8) is 0 Å². The first-order chi connectivity index (χ1) is 14.4. The zero-order valence-electron chi connectivity index (χ0n) is 17.2. The topological polar surface area (TPSA) is 79.0 Å². The van der Waals surface area contributed by atoms with E-state index in [2.05, 4.69) is 5.32 Å². The van der Waals surface area contributed by atoms with Gasteiger partial charge in [-0.2, -0.15) is 0 Å². The maximum atomic E-state index is 13.2. The number of hydrogen-bond acceptors (Lipinski definition) is 4. The van der Waals surface area contributed by atoms with E-state index in [1.165, 1.54) is 4.90 Å². The van der Waals surface area contributed by atoms with Crippen LogP contribution in [0.4, 0.5) is 4.79 Å². The van der Waals surface area contributed by atoms with Gasteiger partial charge in [-0.15, -0.1) is 0 Å². The second-order valence-electron chi connectivity index (χ2n) is 7.71. The summed E-state index contributed by atoms with van der Waals surface area (Å²) in [7, 11) is 1.66. The Morgan fingerprint density at radius 2 is 1.90 bits per heavy atom. The van der Waals surface area contributed by atoms with Crippen LogP contribution >= 0.6 is 0 Å². The molecule has 1 aliphatic heterocycles. The van der Waals surface area contributed by atoms with Crippen LogP contribution in [0.3, 0.4) is 0 Å². The van der Waals surface area contributed by atoms with Crippen LogP contribution in [0, 0.1) is 0 Å². The molecule has 1 unspecified atom stereocenters. The minimum atomic E-state index is -1.04. The molecule has 1 fully saturated rings. The van der Waals surface area contributed by atoms with Crippen LogP contribution in [0.25, 0.3) is 0 Å². The lowest BCUT2D eigenvalue weighted by Crippen LogP contribution is -2.44. The normalized spacial score (nSPS) is 19.7. The average Bonchev–Trinajstić information content (AvgIpc) is 3.23. The average molecular weight is 407 g/mol. The number of urea groups is 1. The van der Waals surface area contributed by atoms with E-state index < -0.39 is 11.6 Å². The predicted molar refractivity (Wildman–Crippen MR) is 111 cm³/mol. The van der Waals surface area contributed by atoms with Crippen molar-refractivity contribution in [1.82, 2.24) is 15.1 Å². The van der Waals surface area contributed by atoms with Crippen molar-refractivity contribution in [2.24, 2.45) is 0 Å². The molecule has 1 saturated heterocycles.